The summed E-state index contributed by atoms with van der Waals surface area (Å²) in [5, 5.41) is 19.9. The van der Waals surface area contributed by atoms with Gasteiger partial charge in [0, 0.05) is 11.1 Å². The zero-order valence-electron chi connectivity index (χ0n) is 13.6. The van der Waals surface area contributed by atoms with E-state index >= 15 is 0 Å². The summed E-state index contributed by atoms with van der Waals surface area (Å²) in [5.74, 6) is -0.588. The molecule has 1 unspecified atom stereocenters. The number of aliphatic hydroxyl groups excluding tert-OH is 1. The third kappa shape index (κ3) is 3.67. The van der Waals surface area contributed by atoms with Gasteiger partial charge in [-0.1, -0.05) is 12.1 Å². The normalized spacial score (nSPS) is 11.9. The highest BCUT2D eigenvalue weighted by Gasteiger charge is 2.15. The summed E-state index contributed by atoms with van der Waals surface area (Å²) in [6.07, 6.45) is 0.873. The lowest BCUT2D eigenvalue weighted by molar-refractivity contribution is -0.124. The fourth-order valence-corrected chi connectivity index (χ4v) is 2.54. The summed E-state index contributed by atoms with van der Waals surface area (Å²) >= 11 is 0. The zero-order chi connectivity index (χ0) is 17.8. The van der Waals surface area contributed by atoms with E-state index in [1.807, 2.05) is 37.3 Å². The van der Waals surface area contributed by atoms with Crippen LogP contribution < -0.4 is 10.6 Å². The molecule has 0 spiro atoms. The number of anilines is 1. The molecule has 0 aliphatic heterocycles. The quantitative estimate of drug-likeness (QED) is 0.592. The van der Waals surface area contributed by atoms with E-state index in [-0.39, 0.29) is 6.54 Å². The second-order valence-corrected chi connectivity index (χ2v) is 5.70. The van der Waals surface area contributed by atoms with E-state index in [0.29, 0.717) is 12.1 Å². The fourth-order valence-electron chi connectivity index (χ4n) is 2.54. The standard InChI is InChI=1S/C18H18N4O3/c1-12-3-2-4-15(7-12)22-16-8-14(6-5-13(16)9-20-22)21-18(25)17(24)10-19-11-23/h2-9,11,17,24H,10H2,1H3,(H,19,23)(H,21,25). The summed E-state index contributed by atoms with van der Waals surface area (Å²) in [6.45, 7) is 1.87. The number of hydrogen-bond donors (Lipinski definition) is 3. The Bertz CT molecular complexity index is 920. The molecule has 0 aliphatic rings. The molecular weight excluding hydrogens is 320 g/mol. The van der Waals surface area contributed by atoms with Crippen LogP contribution in [0.15, 0.2) is 48.7 Å². The van der Waals surface area contributed by atoms with Gasteiger partial charge in [0.2, 0.25) is 6.41 Å². The average Bonchev–Trinajstić information content (AvgIpc) is 3.02. The largest absolute Gasteiger partial charge is 0.381 e. The number of hydrogen-bond acceptors (Lipinski definition) is 4. The van der Waals surface area contributed by atoms with Crippen LogP contribution >= 0.6 is 0 Å². The lowest BCUT2D eigenvalue weighted by Gasteiger charge is -2.11. The molecule has 3 N–H and O–H groups in total. The molecule has 1 aromatic heterocycles. The first-order chi connectivity index (χ1) is 12.1. The summed E-state index contributed by atoms with van der Waals surface area (Å²) < 4.78 is 1.79. The topological polar surface area (TPSA) is 96.2 Å². The van der Waals surface area contributed by atoms with Crippen LogP contribution in [-0.2, 0) is 9.59 Å². The lowest BCUT2D eigenvalue weighted by Crippen LogP contribution is -2.36. The summed E-state index contributed by atoms with van der Waals surface area (Å²) in [7, 11) is 0. The maximum Gasteiger partial charge on any atom is 0.255 e. The molecule has 7 nitrogen and oxygen atoms in total. The molecule has 0 aliphatic carbocycles. The third-order valence-corrected chi connectivity index (χ3v) is 3.78. The minimum Gasteiger partial charge on any atom is -0.381 e. The molecule has 0 radical (unpaired) electrons. The highest BCUT2D eigenvalue weighted by molar-refractivity contribution is 5.96. The van der Waals surface area contributed by atoms with Gasteiger partial charge in [-0.2, -0.15) is 5.10 Å². The average molecular weight is 338 g/mol. The van der Waals surface area contributed by atoms with Gasteiger partial charge in [-0.15, -0.1) is 0 Å². The van der Waals surface area contributed by atoms with Gasteiger partial charge in [0.05, 0.1) is 23.9 Å². The Hall–Kier alpha value is -3.19. The number of amides is 2. The number of fused-ring (bicyclic) bond motifs is 1. The Kier molecular flexibility index (Phi) is 4.76. The van der Waals surface area contributed by atoms with Gasteiger partial charge in [-0.25, -0.2) is 4.68 Å². The Labute approximate surface area is 144 Å². The lowest BCUT2D eigenvalue weighted by atomic mass is 10.2. The van der Waals surface area contributed by atoms with E-state index < -0.39 is 12.0 Å². The molecule has 7 heteroatoms. The van der Waals surface area contributed by atoms with E-state index in [1.54, 1.807) is 23.0 Å². The van der Waals surface area contributed by atoms with Gasteiger partial charge in [0.15, 0.2) is 0 Å². The highest BCUT2D eigenvalue weighted by atomic mass is 16.3. The van der Waals surface area contributed by atoms with Crippen molar-refractivity contribution in [2.45, 2.75) is 13.0 Å². The van der Waals surface area contributed by atoms with E-state index in [2.05, 4.69) is 15.7 Å². The molecule has 1 atom stereocenters. The number of benzene rings is 2. The molecule has 1 heterocycles. The Morgan fingerprint density at radius 1 is 1.32 bits per heavy atom. The van der Waals surface area contributed by atoms with E-state index in [9.17, 15) is 14.7 Å². The van der Waals surface area contributed by atoms with Gasteiger partial charge in [-0.3, -0.25) is 9.59 Å². The van der Waals surface area contributed by atoms with E-state index in [1.165, 1.54) is 0 Å². The van der Waals surface area contributed by atoms with Crippen LogP contribution in [0.25, 0.3) is 16.6 Å². The number of aromatic nitrogens is 2. The second-order valence-electron chi connectivity index (χ2n) is 5.70. The smallest absolute Gasteiger partial charge is 0.255 e. The number of carbonyl (C=O) groups is 2. The van der Waals surface area contributed by atoms with Crippen molar-refractivity contribution in [3.05, 3.63) is 54.2 Å². The predicted octanol–water partition coefficient (Wildman–Crippen LogP) is 1.38. The number of carbonyl (C=O) groups excluding carboxylic acids is 2. The molecule has 0 bridgehead atoms. The minimum atomic E-state index is -1.32. The highest BCUT2D eigenvalue weighted by Crippen LogP contribution is 2.22. The van der Waals surface area contributed by atoms with Crippen molar-refractivity contribution in [2.75, 3.05) is 11.9 Å². The maximum absolute atomic E-state index is 12.0. The van der Waals surface area contributed by atoms with Crippen LogP contribution in [0.4, 0.5) is 5.69 Å². The predicted molar refractivity (Wildman–Crippen MR) is 94.5 cm³/mol. The molecule has 0 saturated carbocycles. The van der Waals surface area contributed by atoms with Crippen molar-refractivity contribution in [3.8, 4) is 5.69 Å². The Morgan fingerprint density at radius 2 is 2.16 bits per heavy atom. The Morgan fingerprint density at radius 3 is 2.92 bits per heavy atom. The molecule has 3 rings (SSSR count). The van der Waals surface area contributed by atoms with Crippen LogP contribution in [0.5, 0.6) is 0 Å². The van der Waals surface area contributed by atoms with Crippen LogP contribution in [0.1, 0.15) is 5.56 Å². The molecule has 0 saturated heterocycles. The van der Waals surface area contributed by atoms with Gasteiger partial charge < -0.3 is 15.7 Å². The summed E-state index contributed by atoms with van der Waals surface area (Å²) in [5.41, 5.74) is 3.42. The molecular formula is C18H18N4O3. The van der Waals surface area contributed by atoms with E-state index in [0.717, 1.165) is 22.2 Å². The minimum absolute atomic E-state index is 0.140. The monoisotopic (exact) mass is 338 g/mol. The van der Waals surface area contributed by atoms with Crippen LogP contribution in [0.2, 0.25) is 0 Å². The maximum atomic E-state index is 12.0. The van der Waals surface area contributed by atoms with Gasteiger partial charge >= 0.3 is 0 Å². The molecule has 3 aromatic rings. The second kappa shape index (κ2) is 7.14. The van der Waals surface area contributed by atoms with Crippen LogP contribution in [-0.4, -0.2) is 39.9 Å². The van der Waals surface area contributed by atoms with Gasteiger partial charge in [0.1, 0.15) is 6.10 Å². The van der Waals surface area contributed by atoms with Gasteiger partial charge in [0.25, 0.3) is 5.91 Å². The first kappa shape index (κ1) is 16.7. The molecule has 2 amide bonds. The fraction of sp³-hybridized carbons (Fsp3) is 0.167. The van der Waals surface area contributed by atoms with Crippen molar-refractivity contribution in [1.82, 2.24) is 15.1 Å². The third-order valence-electron chi connectivity index (χ3n) is 3.78. The van der Waals surface area contributed by atoms with Crippen molar-refractivity contribution < 1.29 is 14.7 Å². The number of aliphatic hydroxyl groups is 1. The van der Waals surface area contributed by atoms with Crippen LogP contribution in [0.3, 0.4) is 0 Å². The van der Waals surface area contributed by atoms with Crippen molar-refractivity contribution in [2.24, 2.45) is 0 Å². The summed E-state index contributed by atoms with van der Waals surface area (Å²) in [4.78, 5) is 22.2. The molecule has 2 aromatic carbocycles. The van der Waals surface area contributed by atoms with E-state index in [4.69, 9.17) is 0 Å². The van der Waals surface area contributed by atoms with Crippen molar-refractivity contribution in [3.63, 3.8) is 0 Å². The first-order valence-electron chi connectivity index (χ1n) is 7.79. The number of rotatable bonds is 6. The number of nitrogens with zero attached hydrogens (tertiary/aromatic N) is 2. The molecule has 128 valence electrons. The number of nitrogens with one attached hydrogen (secondary N) is 2. The molecule has 0 fully saturated rings. The summed E-state index contributed by atoms with van der Waals surface area (Å²) in [6, 6.07) is 13.3. The van der Waals surface area contributed by atoms with Crippen LogP contribution in [0, 0.1) is 6.92 Å². The molecule has 25 heavy (non-hydrogen) atoms. The van der Waals surface area contributed by atoms with Gasteiger partial charge in [-0.05, 0) is 42.8 Å². The zero-order valence-corrected chi connectivity index (χ0v) is 13.6. The van der Waals surface area contributed by atoms with Crippen molar-refractivity contribution in [1.29, 1.82) is 0 Å². The first-order valence-corrected chi connectivity index (χ1v) is 7.79. The Balaban J connectivity index is 1.88. The van der Waals surface area contributed by atoms with Crippen molar-refractivity contribution >= 4 is 28.9 Å². The SMILES string of the molecule is Cc1cccc(-n2ncc3ccc(NC(=O)C(O)CNC=O)cc32)c1. The number of aryl methyl sites for hydroxylation is 1.